The number of rotatable bonds is 3. The van der Waals surface area contributed by atoms with Crippen LogP contribution in [-0.4, -0.2) is 61.8 Å². The van der Waals surface area contributed by atoms with E-state index in [-0.39, 0.29) is 17.7 Å². The van der Waals surface area contributed by atoms with Crippen LogP contribution in [0.3, 0.4) is 0 Å². The Kier molecular flexibility index (Phi) is 3.68. The van der Waals surface area contributed by atoms with E-state index < -0.39 is 24.5 Å². The molecule has 0 radical (unpaired) electrons. The van der Waals surface area contributed by atoms with Crippen LogP contribution in [0, 0.1) is 0 Å². The molecule has 0 aliphatic carbocycles. The maximum atomic E-state index is 10.3. The maximum Gasteiger partial charge on any atom is 0.223 e. The molecule has 4 atom stereocenters. The maximum absolute atomic E-state index is 10.3. The van der Waals surface area contributed by atoms with Crippen LogP contribution in [0.2, 0.25) is 5.15 Å². The van der Waals surface area contributed by atoms with Crippen molar-refractivity contribution in [2.45, 2.75) is 24.5 Å². The number of nitrogens with two attached hydrogens (primary N) is 1. The lowest BCUT2D eigenvalue weighted by Gasteiger charge is -2.17. The zero-order valence-corrected chi connectivity index (χ0v) is 11.8. The first-order valence-electron chi connectivity index (χ1n) is 6.19. The minimum absolute atomic E-state index is 0.0104. The van der Waals surface area contributed by atoms with Crippen LogP contribution in [0.4, 0.5) is 5.95 Å². The van der Waals surface area contributed by atoms with E-state index in [0.717, 1.165) is 0 Å². The van der Waals surface area contributed by atoms with Crippen LogP contribution in [-0.2, 0) is 9.47 Å². The fraction of sp³-hybridized carbons (Fsp3) is 0.545. The summed E-state index contributed by atoms with van der Waals surface area (Å²) < 4.78 is 12.3. The molecule has 0 bridgehead atoms. The third kappa shape index (κ3) is 2.23. The van der Waals surface area contributed by atoms with Gasteiger partial charge in [0.1, 0.15) is 23.8 Å². The average molecular weight is 316 g/mol. The van der Waals surface area contributed by atoms with Crippen molar-refractivity contribution in [3.8, 4) is 0 Å². The van der Waals surface area contributed by atoms with E-state index in [1.54, 1.807) is 0 Å². The summed E-state index contributed by atoms with van der Waals surface area (Å²) >= 11 is 5.96. The van der Waals surface area contributed by atoms with Gasteiger partial charge in [0.25, 0.3) is 0 Å². The second-order valence-corrected chi connectivity index (χ2v) is 4.99. The molecule has 2 aromatic rings. The van der Waals surface area contributed by atoms with Crippen molar-refractivity contribution in [2.75, 3.05) is 19.5 Å². The van der Waals surface area contributed by atoms with E-state index in [9.17, 15) is 10.2 Å². The second-order valence-electron chi connectivity index (χ2n) is 4.64. The lowest BCUT2D eigenvalue weighted by atomic mass is 10.1. The van der Waals surface area contributed by atoms with E-state index in [0.29, 0.717) is 11.2 Å². The number of anilines is 1. The van der Waals surface area contributed by atoms with Crippen LogP contribution in [0.25, 0.3) is 11.2 Å². The monoisotopic (exact) mass is 315 g/mol. The minimum Gasteiger partial charge on any atom is -0.394 e. The van der Waals surface area contributed by atoms with Gasteiger partial charge in [-0.3, -0.25) is 4.57 Å². The molecule has 0 unspecified atom stereocenters. The fourth-order valence-corrected chi connectivity index (χ4v) is 2.69. The van der Waals surface area contributed by atoms with Gasteiger partial charge in [0.2, 0.25) is 5.95 Å². The molecule has 1 aliphatic heterocycles. The molecule has 9 nitrogen and oxygen atoms in total. The summed E-state index contributed by atoms with van der Waals surface area (Å²) in [6, 6.07) is 0. The molecular weight excluding hydrogens is 302 g/mol. The minimum atomic E-state index is -1.00. The third-order valence-electron chi connectivity index (χ3n) is 3.43. The van der Waals surface area contributed by atoms with Gasteiger partial charge in [0, 0.05) is 7.11 Å². The largest absolute Gasteiger partial charge is 0.394 e. The standard InChI is InChI=1S/C11H14ClN5O4/c1-20-7-4(2-18)21-10(6(7)19)17-3-14-5-8(12)15-11(13)16-9(5)17/h3-4,6-7,10,18-19H,2H2,1H3,(H2,13,15,16)/t4-,6-,7-,10-/m1/s1. The highest BCUT2D eigenvalue weighted by Gasteiger charge is 2.45. The number of hydrogen-bond donors (Lipinski definition) is 3. The first kappa shape index (κ1) is 14.4. The number of aliphatic hydroxyl groups is 2. The quantitative estimate of drug-likeness (QED) is 0.636. The molecule has 1 aliphatic rings. The van der Waals surface area contributed by atoms with Crippen molar-refractivity contribution in [3.05, 3.63) is 11.5 Å². The first-order chi connectivity index (χ1) is 10.1. The molecule has 1 fully saturated rings. The number of ether oxygens (including phenoxy) is 2. The zero-order chi connectivity index (χ0) is 15.1. The van der Waals surface area contributed by atoms with Crippen LogP contribution >= 0.6 is 11.6 Å². The highest BCUT2D eigenvalue weighted by Crippen LogP contribution is 2.33. The highest BCUT2D eigenvalue weighted by atomic mass is 35.5. The summed E-state index contributed by atoms with van der Waals surface area (Å²) in [6.07, 6.45) is -1.71. The number of hydrogen-bond acceptors (Lipinski definition) is 8. The van der Waals surface area contributed by atoms with Crippen LogP contribution in [0.1, 0.15) is 6.23 Å². The van der Waals surface area contributed by atoms with E-state index in [4.69, 9.17) is 26.8 Å². The molecule has 0 spiro atoms. The van der Waals surface area contributed by atoms with Gasteiger partial charge in [-0.05, 0) is 0 Å². The van der Waals surface area contributed by atoms with Crippen molar-refractivity contribution >= 4 is 28.7 Å². The van der Waals surface area contributed by atoms with Gasteiger partial charge >= 0.3 is 0 Å². The van der Waals surface area contributed by atoms with Gasteiger partial charge in [-0.2, -0.15) is 9.97 Å². The van der Waals surface area contributed by atoms with Gasteiger partial charge in [-0.15, -0.1) is 0 Å². The Morgan fingerprint density at radius 1 is 1.52 bits per heavy atom. The Morgan fingerprint density at radius 3 is 2.90 bits per heavy atom. The molecule has 0 aromatic carbocycles. The molecule has 3 rings (SSSR count). The Morgan fingerprint density at radius 2 is 2.29 bits per heavy atom. The molecule has 1 saturated heterocycles. The number of nitrogens with zero attached hydrogens (tertiary/aromatic N) is 4. The topological polar surface area (TPSA) is 129 Å². The van der Waals surface area contributed by atoms with Gasteiger partial charge in [0.15, 0.2) is 17.0 Å². The van der Waals surface area contributed by atoms with Crippen molar-refractivity contribution < 1.29 is 19.7 Å². The summed E-state index contributed by atoms with van der Waals surface area (Å²) in [5.41, 5.74) is 6.27. The Bertz CT molecular complexity index is 665. The van der Waals surface area contributed by atoms with E-state index in [2.05, 4.69) is 15.0 Å². The third-order valence-corrected chi connectivity index (χ3v) is 3.70. The molecule has 4 N–H and O–H groups in total. The molecule has 2 aromatic heterocycles. The average Bonchev–Trinajstić information content (AvgIpc) is 2.99. The van der Waals surface area contributed by atoms with Crippen LogP contribution in [0.5, 0.6) is 0 Å². The van der Waals surface area contributed by atoms with E-state index in [1.807, 2.05) is 0 Å². The summed E-state index contributed by atoms with van der Waals surface area (Å²) in [4.78, 5) is 12.0. The number of aromatic nitrogens is 4. The number of imidazole rings is 1. The zero-order valence-electron chi connectivity index (χ0n) is 11.0. The van der Waals surface area contributed by atoms with Gasteiger partial charge in [0.05, 0.1) is 12.9 Å². The summed E-state index contributed by atoms with van der Waals surface area (Å²) in [7, 11) is 1.44. The predicted octanol–water partition coefficient (Wildman–Crippen LogP) is -0.673. The number of aliphatic hydroxyl groups excluding tert-OH is 2. The number of nitrogen functional groups attached to an aromatic ring is 1. The summed E-state index contributed by atoms with van der Waals surface area (Å²) in [6.45, 7) is -0.281. The van der Waals surface area contributed by atoms with E-state index in [1.165, 1.54) is 18.0 Å². The smallest absolute Gasteiger partial charge is 0.223 e. The number of methoxy groups -OCH3 is 1. The van der Waals surface area contributed by atoms with Gasteiger partial charge in [-0.1, -0.05) is 11.6 Å². The van der Waals surface area contributed by atoms with E-state index >= 15 is 0 Å². The first-order valence-corrected chi connectivity index (χ1v) is 6.57. The molecule has 0 amide bonds. The van der Waals surface area contributed by atoms with Gasteiger partial charge < -0.3 is 25.4 Å². The molecule has 0 saturated carbocycles. The van der Waals surface area contributed by atoms with Gasteiger partial charge in [-0.25, -0.2) is 4.98 Å². The lowest BCUT2D eigenvalue weighted by Crippen LogP contribution is -2.35. The summed E-state index contributed by atoms with van der Waals surface area (Å²) in [5.74, 6) is -0.0104. The lowest BCUT2D eigenvalue weighted by molar-refractivity contribution is -0.0535. The predicted molar refractivity (Wildman–Crippen MR) is 72.5 cm³/mol. The normalized spacial score (nSPS) is 29.3. The molecule has 10 heteroatoms. The molecular formula is C11H14ClN5O4. The SMILES string of the molecule is CO[C@H]1[C@@H](O)[C@H](n2cnc3c(Cl)nc(N)nc32)O[C@@H]1CO. The van der Waals surface area contributed by atoms with Crippen LogP contribution < -0.4 is 5.73 Å². The second kappa shape index (κ2) is 5.35. The number of halogens is 1. The highest BCUT2D eigenvalue weighted by molar-refractivity contribution is 6.33. The fourth-order valence-electron chi connectivity index (χ4n) is 2.47. The molecule has 21 heavy (non-hydrogen) atoms. The molecule has 114 valence electrons. The number of fused-ring (bicyclic) bond motifs is 1. The summed E-state index contributed by atoms with van der Waals surface area (Å²) in [5, 5.41) is 19.7. The van der Waals surface area contributed by atoms with Crippen LogP contribution in [0.15, 0.2) is 6.33 Å². The Hall–Kier alpha value is -1.52. The van der Waals surface area contributed by atoms with Crippen molar-refractivity contribution in [1.29, 1.82) is 0 Å². The van der Waals surface area contributed by atoms with Crippen molar-refractivity contribution in [1.82, 2.24) is 19.5 Å². The Labute approximate surface area is 124 Å². The molecule has 3 heterocycles. The van der Waals surface area contributed by atoms with Crippen molar-refractivity contribution in [3.63, 3.8) is 0 Å². The Balaban J connectivity index is 2.05. The van der Waals surface area contributed by atoms with Crippen molar-refractivity contribution in [2.24, 2.45) is 0 Å².